The summed E-state index contributed by atoms with van der Waals surface area (Å²) in [5, 5.41) is 15.0. The van der Waals surface area contributed by atoms with Crippen LogP contribution >= 0.6 is 11.3 Å². The molecule has 0 unspecified atom stereocenters. The van der Waals surface area contributed by atoms with Gasteiger partial charge in [-0.2, -0.15) is 0 Å². The Hall–Kier alpha value is -2.87. The van der Waals surface area contributed by atoms with Crippen molar-refractivity contribution in [3.8, 4) is 5.75 Å². The van der Waals surface area contributed by atoms with Crippen LogP contribution in [0.2, 0.25) is 0 Å². The molecule has 156 valence electrons. The summed E-state index contributed by atoms with van der Waals surface area (Å²) in [6.45, 7) is 5.57. The Labute approximate surface area is 174 Å². The molecule has 1 atom stereocenters. The van der Waals surface area contributed by atoms with Crippen molar-refractivity contribution in [2.45, 2.75) is 40.0 Å². The maximum Gasteiger partial charge on any atom is 0.303 e. The molecule has 0 fully saturated rings. The summed E-state index contributed by atoms with van der Waals surface area (Å²) in [6, 6.07) is 7.10. The Kier molecular flexibility index (Phi) is 7.78. The SMILES string of the molecule is CCc1c(C)sc(NC(=O)C[C@H](C)CC(=O)O)c1C(=O)Nc1ccccc1OC. The Bertz CT molecular complexity index is 906. The Morgan fingerprint density at radius 1 is 1.17 bits per heavy atom. The minimum absolute atomic E-state index is 0.0677. The van der Waals surface area contributed by atoms with Gasteiger partial charge in [0.05, 0.1) is 18.4 Å². The van der Waals surface area contributed by atoms with Gasteiger partial charge in [-0.25, -0.2) is 0 Å². The first-order chi connectivity index (χ1) is 13.8. The van der Waals surface area contributed by atoms with Gasteiger partial charge in [0, 0.05) is 17.7 Å². The van der Waals surface area contributed by atoms with Crippen LogP contribution in [0.1, 0.15) is 47.5 Å². The van der Waals surface area contributed by atoms with E-state index >= 15 is 0 Å². The molecular weight excluding hydrogens is 392 g/mol. The van der Waals surface area contributed by atoms with Crippen molar-refractivity contribution in [1.82, 2.24) is 0 Å². The molecule has 1 aromatic heterocycles. The fourth-order valence-corrected chi connectivity index (χ4v) is 4.29. The number of aryl methyl sites for hydroxylation is 1. The molecule has 0 saturated heterocycles. The zero-order valence-corrected chi connectivity index (χ0v) is 17.8. The molecule has 0 saturated carbocycles. The first-order valence-electron chi connectivity index (χ1n) is 9.35. The average molecular weight is 419 g/mol. The fraction of sp³-hybridized carbons (Fsp3) is 0.381. The van der Waals surface area contributed by atoms with Crippen LogP contribution in [-0.2, 0) is 16.0 Å². The third-order valence-electron chi connectivity index (χ3n) is 4.45. The van der Waals surface area contributed by atoms with Crippen molar-refractivity contribution >= 4 is 39.8 Å². The summed E-state index contributed by atoms with van der Waals surface area (Å²) >= 11 is 1.34. The topological polar surface area (TPSA) is 105 Å². The van der Waals surface area contributed by atoms with Crippen molar-refractivity contribution in [3.63, 3.8) is 0 Å². The number of amides is 2. The van der Waals surface area contributed by atoms with Crippen LogP contribution in [0.5, 0.6) is 5.75 Å². The molecular formula is C21H26N2O5S. The van der Waals surface area contributed by atoms with Crippen molar-refractivity contribution in [2.75, 3.05) is 17.7 Å². The lowest BCUT2D eigenvalue weighted by Crippen LogP contribution is -2.20. The van der Waals surface area contributed by atoms with Crippen molar-refractivity contribution < 1.29 is 24.2 Å². The molecule has 2 amide bonds. The van der Waals surface area contributed by atoms with E-state index in [0.29, 0.717) is 28.4 Å². The van der Waals surface area contributed by atoms with Crippen LogP contribution in [0.4, 0.5) is 10.7 Å². The highest BCUT2D eigenvalue weighted by molar-refractivity contribution is 7.16. The number of aliphatic carboxylic acids is 1. The van der Waals surface area contributed by atoms with Crippen molar-refractivity contribution in [3.05, 3.63) is 40.3 Å². The molecule has 7 nitrogen and oxygen atoms in total. The lowest BCUT2D eigenvalue weighted by Gasteiger charge is -2.13. The second kappa shape index (κ2) is 10.1. The summed E-state index contributed by atoms with van der Waals surface area (Å²) in [4.78, 5) is 37.2. The summed E-state index contributed by atoms with van der Waals surface area (Å²) < 4.78 is 5.28. The van der Waals surface area contributed by atoms with E-state index in [4.69, 9.17) is 9.84 Å². The number of ether oxygens (including phenoxy) is 1. The monoisotopic (exact) mass is 418 g/mol. The second-order valence-electron chi connectivity index (χ2n) is 6.80. The molecule has 0 spiro atoms. The maximum absolute atomic E-state index is 13.1. The van der Waals surface area contributed by atoms with Crippen LogP contribution in [0, 0.1) is 12.8 Å². The molecule has 1 aromatic carbocycles. The lowest BCUT2D eigenvalue weighted by atomic mass is 10.0. The second-order valence-corrected chi connectivity index (χ2v) is 8.03. The minimum Gasteiger partial charge on any atom is -0.495 e. The molecule has 0 bridgehead atoms. The number of thiophene rings is 1. The molecule has 1 heterocycles. The van der Waals surface area contributed by atoms with Gasteiger partial charge in [-0.05, 0) is 37.0 Å². The van der Waals surface area contributed by atoms with Gasteiger partial charge in [-0.3, -0.25) is 14.4 Å². The highest BCUT2D eigenvalue weighted by Gasteiger charge is 2.24. The largest absolute Gasteiger partial charge is 0.495 e. The van der Waals surface area contributed by atoms with Gasteiger partial charge in [-0.15, -0.1) is 11.3 Å². The van der Waals surface area contributed by atoms with E-state index in [0.717, 1.165) is 10.4 Å². The molecule has 29 heavy (non-hydrogen) atoms. The number of rotatable bonds is 9. The molecule has 8 heteroatoms. The van der Waals surface area contributed by atoms with Crippen LogP contribution in [0.15, 0.2) is 24.3 Å². The zero-order chi connectivity index (χ0) is 21.6. The fourth-order valence-electron chi connectivity index (χ4n) is 3.13. The number of anilines is 2. The van der Waals surface area contributed by atoms with Crippen LogP contribution < -0.4 is 15.4 Å². The molecule has 0 radical (unpaired) electrons. The number of hydrogen-bond acceptors (Lipinski definition) is 5. The van der Waals surface area contributed by atoms with Crippen LogP contribution in [-0.4, -0.2) is 30.0 Å². The molecule has 3 N–H and O–H groups in total. The quantitative estimate of drug-likeness (QED) is 0.562. The number of nitrogens with one attached hydrogen (secondary N) is 2. The average Bonchev–Trinajstić information content (AvgIpc) is 2.95. The van der Waals surface area contributed by atoms with E-state index in [1.165, 1.54) is 18.4 Å². The molecule has 2 aromatic rings. The molecule has 0 aliphatic rings. The Morgan fingerprint density at radius 3 is 2.48 bits per heavy atom. The van der Waals surface area contributed by atoms with E-state index < -0.39 is 5.97 Å². The Balaban J connectivity index is 2.26. The molecule has 0 aliphatic heterocycles. The van der Waals surface area contributed by atoms with E-state index in [1.807, 2.05) is 19.9 Å². The normalized spacial score (nSPS) is 11.6. The number of para-hydroxylation sites is 2. The summed E-state index contributed by atoms with van der Waals surface area (Å²) in [5.74, 6) is -1.34. The van der Waals surface area contributed by atoms with Gasteiger partial charge in [-0.1, -0.05) is 26.0 Å². The van der Waals surface area contributed by atoms with Gasteiger partial charge in [0.15, 0.2) is 0 Å². The minimum atomic E-state index is -0.942. The van der Waals surface area contributed by atoms with Gasteiger partial charge in [0.1, 0.15) is 10.8 Å². The van der Waals surface area contributed by atoms with Gasteiger partial charge in [0.25, 0.3) is 5.91 Å². The van der Waals surface area contributed by atoms with Crippen LogP contribution in [0.3, 0.4) is 0 Å². The van der Waals surface area contributed by atoms with Gasteiger partial charge in [0.2, 0.25) is 5.91 Å². The first-order valence-corrected chi connectivity index (χ1v) is 10.2. The molecule has 0 aliphatic carbocycles. The predicted octanol–water partition coefficient (Wildman–Crippen LogP) is 4.32. The number of carbonyl (C=O) groups is 3. The standard InChI is InChI=1S/C21H26N2O5S/c1-5-14-13(3)29-21(23-17(24)10-12(2)11-18(25)26)19(14)20(27)22-15-8-6-7-9-16(15)28-4/h6-9,12H,5,10-11H2,1-4H3,(H,22,27)(H,23,24)(H,25,26)/t12-/m0/s1. The number of carboxylic acids is 1. The first kappa shape index (κ1) is 22.4. The predicted molar refractivity (Wildman–Crippen MR) is 114 cm³/mol. The highest BCUT2D eigenvalue weighted by atomic mass is 32.1. The number of benzene rings is 1. The van der Waals surface area contributed by atoms with E-state index in [-0.39, 0.29) is 30.6 Å². The number of carbonyl (C=O) groups excluding carboxylic acids is 2. The van der Waals surface area contributed by atoms with E-state index in [2.05, 4.69) is 10.6 Å². The zero-order valence-electron chi connectivity index (χ0n) is 17.0. The summed E-state index contributed by atoms with van der Waals surface area (Å²) in [5.41, 5.74) is 1.84. The maximum atomic E-state index is 13.1. The number of hydrogen-bond donors (Lipinski definition) is 3. The van der Waals surface area contributed by atoms with Crippen LogP contribution in [0.25, 0.3) is 0 Å². The third kappa shape index (κ3) is 5.80. The smallest absolute Gasteiger partial charge is 0.303 e. The summed E-state index contributed by atoms with van der Waals surface area (Å²) in [6.07, 6.45) is 0.624. The van der Waals surface area contributed by atoms with Gasteiger partial charge >= 0.3 is 5.97 Å². The van der Waals surface area contributed by atoms with Gasteiger partial charge < -0.3 is 20.5 Å². The Morgan fingerprint density at radius 2 is 1.86 bits per heavy atom. The lowest BCUT2D eigenvalue weighted by molar-refractivity contribution is -0.138. The molecule has 2 rings (SSSR count). The number of methoxy groups -OCH3 is 1. The summed E-state index contributed by atoms with van der Waals surface area (Å²) in [7, 11) is 1.53. The third-order valence-corrected chi connectivity index (χ3v) is 5.52. The van der Waals surface area contributed by atoms with Crippen molar-refractivity contribution in [1.29, 1.82) is 0 Å². The number of carboxylic acid groups (broad SMARTS) is 1. The van der Waals surface area contributed by atoms with E-state index in [1.54, 1.807) is 25.1 Å². The van der Waals surface area contributed by atoms with Crippen molar-refractivity contribution in [2.24, 2.45) is 5.92 Å². The highest BCUT2D eigenvalue weighted by Crippen LogP contribution is 2.35. The van der Waals surface area contributed by atoms with E-state index in [9.17, 15) is 14.4 Å².